The lowest BCUT2D eigenvalue weighted by Crippen LogP contribution is -2.35. The second kappa shape index (κ2) is 7.21. The van der Waals surface area contributed by atoms with Crippen molar-refractivity contribution in [2.75, 3.05) is 5.01 Å². The van der Waals surface area contributed by atoms with Crippen molar-refractivity contribution in [3.05, 3.63) is 81.6 Å². The van der Waals surface area contributed by atoms with Crippen LogP contribution in [0.5, 0.6) is 5.75 Å². The van der Waals surface area contributed by atoms with E-state index in [0.717, 1.165) is 28.8 Å². The Bertz CT molecular complexity index is 1210. The molecule has 0 aliphatic carbocycles. The Labute approximate surface area is 170 Å². The number of non-ortho nitro benzene ring substituents is 1. The number of hydrogen-bond acceptors (Lipinski definition) is 6. The van der Waals surface area contributed by atoms with Crippen LogP contribution in [0, 0.1) is 17.0 Å². The third-order valence-electron chi connectivity index (χ3n) is 4.54. The zero-order valence-corrected chi connectivity index (χ0v) is 15.6. The van der Waals surface area contributed by atoms with Crippen LogP contribution < -0.4 is 15.5 Å². The average molecular weight is 404 g/mol. The number of rotatable bonds is 4. The number of aryl methyl sites for hydroxylation is 1. The molecule has 2 heterocycles. The Balaban J connectivity index is 1.64. The molecule has 9 heteroatoms. The number of amides is 2. The number of nitro groups is 1. The Morgan fingerprint density at radius 1 is 1.07 bits per heavy atom. The highest BCUT2D eigenvalue weighted by atomic mass is 16.6. The second-order valence-corrected chi connectivity index (χ2v) is 6.61. The summed E-state index contributed by atoms with van der Waals surface area (Å²) in [5.74, 6) is -1.36. The number of nitro benzene ring substituents is 1. The van der Waals surface area contributed by atoms with Gasteiger partial charge in [-0.1, -0.05) is 29.5 Å². The summed E-state index contributed by atoms with van der Waals surface area (Å²) in [5, 5.41) is 24.1. The van der Waals surface area contributed by atoms with E-state index >= 15 is 0 Å². The molecule has 2 amide bonds. The van der Waals surface area contributed by atoms with Gasteiger partial charge in [0.05, 0.1) is 10.6 Å². The Morgan fingerprint density at radius 3 is 2.50 bits per heavy atom. The van der Waals surface area contributed by atoms with E-state index in [2.05, 4.69) is 5.43 Å². The first-order chi connectivity index (χ1) is 14.3. The van der Waals surface area contributed by atoms with Crippen LogP contribution in [-0.2, 0) is 9.59 Å². The molecule has 9 nitrogen and oxygen atoms in total. The van der Waals surface area contributed by atoms with Gasteiger partial charge in [-0.15, -0.1) is 0 Å². The molecule has 2 aromatic carbocycles. The molecule has 0 atom stereocenters. The van der Waals surface area contributed by atoms with Crippen LogP contribution in [0.3, 0.4) is 0 Å². The van der Waals surface area contributed by atoms with E-state index in [9.17, 15) is 24.8 Å². The van der Waals surface area contributed by atoms with E-state index in [4.69, 9.17) is 4.42 Å². The molecule has 1 aromatic heterocycles. The Hall–Kier alpha value is -4.40. The quantitative estimate of drug-likeness (QED) is 0.308. The largest absolute Gasteiger partial charge is 0.872 e. The molecule has 1 aliphatic heterocycles. The Kier molecular flexibility index (Phi) is 4.55. The molecule has 0 bridgehead atoms. The molecule has 3 aromatic rings. The van der Waals surface area contributed by atoms with E-state index in [0.29, 0.717) is 5.69 Å². The summed E-state index contributed by atoms with van der Waals surface area (Å²) in [6.45, 7) is 1.91. The van der Waals surface area contributed by atoms with Crippen molar-refractivity contribution < 1.29 is 24.0 Å². The van der Waals surface area contributed by atoms with Gasteiger partial charge < -0.3 is 9.52 Å². The predicted molar refractivity (Wildman–Crippen MR) is 105 cm³/mol. The maximum atomic E-state index is 12.7. The van der Waals surface area contributed by atoms with Gasteiger partial charge in [-0.3, -0.25) is 25.1 Å². The van der Waals surface area contributed by atoms with Gasteiger partial charge in [0.2, 0.25) is 0 Å². The van der Waals surface area contributed by atoms with Crippen LogP contribution in [-0.4, -0.2) is 16.7 Å². The molecule has 1 fully saturated rings. The number of benzene rings is 2. The van der Waals surface area contributed by atoms with Gasteiger partial charge >= 0.3 is 0 Å². The number of nitrogens with zero attached hydrogens (tertiary/aromatic N) is 2. The third kappa shape index (κ3) is 3.39. The lowest BCUT2D eigenvalue weighted by Gasteiger charge is -2.14. The summed E-state index contributed by atoms with van der Waals surface area (Å²) < 4.78 is 5.55. The van der Waals surface area contributed by atoms with Gasteiger partial charge in [0.25, 0.3) is 17.5 Å². The zero-order valence-electron chi connectivity index (χ0n) is 15.6. The van der Waals surface area contributed by atoms with Gasteiger partial charge in [-0.25, -0.2) is 5.01 Å². The van der Waals surface area contributed by atoms with Crippen LogP contribution in [0.15, 0.2) is 64.6 Å². The highest BCUT2D eigenvalue weighted by Gasteiger charge is 2.34. The number of hydrazine groups is 1. The van der Waals surface area contributed by atoms with Crippen LogP contribution in [0.25, 0.3) is 17.4 Å². The summed E-state index contributed by atoms with van der Waals surface area (Å²) >= 11 is 0. The number of carbonyl (C=O) groups is 2. The van der Waals surface area contributed by atoms with Crippen molar-refractivity contribution in [1.29, 1.82) is 0 Å². The van der Waals surface area contributed by atoms with Crippen LogP contribution >= 0.6 is 0 Å². The molecule has 0 radical (unpaired) electrons. The first-order valence-corrected chi connectivity index (χ1v) is 8.83. The van der Waals surface area contributed by atoms with E-state index in [1.54, 1.807) is 12.1 Å². The average Bonchev–Trinajstić information content (AvgIpc) is 3.29. The van der Waals surface area contributed by atoms with Crippen molar-refractivity contribution in [1.82, 2.24) is 5.43 Å². The minimum absolute atomic E-state index is 0.0114. The lowest BCUT2D eigenvalue weighted by molar-refractivity contribution is -0.385. The van der Waals surface area contributed by atoms with Crippen LogP contribution in [0.4, 0.5) is 11.4 Å². The number of nitrogens with one attached hydrogen (secondary N) is 1. The first-order valence-electron chi connectivity index (χ1n) is 8.83. The minimum Gasteiger partial charge on any atom is -0.872 e. The first kappa shape index (κ1) is 18.9. The normalized spacial score (nSPS) is 15.0. The van der Waals surface area contributed by atoms with Crippen LogP contribution in [0.2, 0.25) is 0 Å². The van der Waals surface area contributed by atoms with Crippen molar-refractivity contribution in [3.63, 3.8) is 0 Å². The van der Waals surface area contributed by atoms with Crippen molar-refractivity contribution in [2.24, 2.45) is 0 Å². The Morgan fingerprint density at radius 2 is 1.80 bits per heavy atom. The fourth-order valence-electron chi connectivity index (χ4n) is 2.97. The maximum absolute atomic E-state index is 12.7. The third-order valence-corrected chi connectivity index (χ3v) is 4.54. The fourth-order valence-corrected chi connectivity index (χ4v) is 2.97. The highest BCUT2D eigenvalue weighted by Crippen LogP contribution is 2.33. The molecular formula is C21H14N3O6-. The molecule has 1 aliphatic rings. The smallest absolute Gasteiger partial charge is 0.282 e. The van der Waals surface area contributed by atoms with E-state index in [1.165, 1.54) is 18.2 Å². The van der Waals surface area contributed by atoms with Gasteiger partial charge in [-0.2, -0.15) is 0 Å². The lowest BCUT2D eigenvalue weighted by atomic mass is 10.1. The molecule has 0 saturated carbocycles. The maximum Gasteiger partial charge on any atom is 0.282 e. The van der Waals surface area contributed by atoms with Crippen LogP contribution in [0.1, 0.15) is 11.3 Å². The summed E-state index contributed by atoms with van der Waals surface area (Å²) in [4.78, 5) is 35.3. The van der Waals surface area contributed by atoms with Gasteiger partial charge in [0.1, 0.15) is 17.1 Å². The van der Waals surface area contributed by atoms with E-state index < -0.39 is 22.5 Å². The molecule has 30 heavy (non-hydrogen) atoms. The molecule has 1 saturated heterocycles. The van der Waals surface area contributed by atoms with E-state index in [-0.39, 0.29) is 28.3 Å². The topological polar surface area (TPSA) is 129 Å². The zero-order chi connectivity index (χ0) is 21.4. The van der Waals surface area contributed by atoms with Crippen molar-refractivity contribution >= 4 is 29.3 Å². The molecule has 0 spiro atoms. The summed E-state index contributed by atoms with van der Waals surface area (Å²) in [6, 6.07) is 13.3. The summed E-state index contributed by atoms with van der Waals surface area (Å²) in [6.07, 6.45) is 1.26. The fraction of sp³-hybridized carbons (Fsp3) is 0.0476. The molecule has 150 valence electrons. The monoisotopic (exact) mass is 404 g/mol. The highest BCUT2D eigenvalue weighted by molar-refractivity contribution is 6.31. The second-order valence-electron chi connectivity index (χ2n) is 6.61. The van der Waals surface area contributed by atoms with Gasteiger partial charge in [-0.05, 0) is 37.3 Å². The summed E-state index contributed by atoms with van der Waals surface area (Å²) in [7, 11) is 0. The number of anilines is 1. The molecule has 0 unspecified atom stereocenters. The number of carbonyl (C=O) groups excluding carboxylic acids is 2. The number of hydrogen-bond donors (Lipinski definition) is 1. The van der Waals surface area contributed by atoms with Gasteiger partial charge in [0.15, 0.2) is 0 Å². The standard InChI is InChI=1S/C21H15N3O6/c1-12-2-4-13(5-3-12)23-21(27)17(20(26)22-23)11-15-7-9-19(30-15)16-10-14(24(28)29)6-8-18(16)25/h2-11,25H,1H3,(H,22,26)/p-1/b17-11+. The predicted octanol–water partition coefficient (Wildman–Crippen LogP) is 2.70. The summed E-state index contributed by atoms with van der Waals surface area (Å²) in [5.41, 5.74) is 3.63. The van der Waals surface area contributed by atoms with E-state index in [1.807, 2.05) is 19.1 Å². The van der Waals surface area contributed by atoms with Crippen molar-refractivity contribution in [2.45, 2.75) is 6.92 Å². The SMILES string of the molecule is Cc1ccc(N2NC(=O)/C(=C\c3ccc(-c4cc([N+](=O)[O-])ccc4[O-])o3)C2=O)cc1. The minimum atomic E-state index is -0.615. The van der Waals surface area contributed by atoms with Crippen molar-refractivity contribution in [3.8, 4) is 17.1 Å². The number of furan rings is 1. The van der Waals surface area contributed by atoms with Gasteiger partial charge in [0, 0.05) is 17.7 Å². The molecule has 1 N–H and O–H groups in total. The molecule has 4 rings (SSSR count). The molecular weight excluding hydrogens is 390 g/mol.